The van der Waals surface area contributed by atoms with Gasteiger partial charge in [-0.05, 0) is 6.42 Å². The van der Waals surface area contributed by atoms with Crippen molar-refractivity contribution in [2.45, 2.75) is 56.6 Å². The van der Waals surface area contributed by atoms with Crippen molar-refractivity contribution in [1.29, 1.82) is 0 Å². The number of aliphatic hydroxyl groups excluding tert-OH is 5. The predicted molar refractivity (Wildman–Crippen MR) is 67.6 cm³/mol. The Morgan fingerprint density at radius 3 is 2.14 bits per heavy atom. The summed E-state index contributed by atoms with van der Waals surface area (Å²) in [5.41, 5.74) is 0. The maximum atomic E-state index is 11.6. The molecular formula is C12H22NO8-. The van der Waals surface area contributed by atoms with Gasteiger partial charge in [-0.3, -0.25) is 4.79 Å². The van der Waals surface area contributed by atoms with Crippen LogP contribution in [-0.4, -0.2) is 74.5 Å². The highest BCUT2D eigenvalue weighted by molar-refractivity contribution is 5.86. The minimum atomic E-state index is -2.16. The van der Waals surface area contributed by atoms with Gasteiger partial charge in [-0.15, -0.1) is 0 Å². The molecule has 6 N–H and O–H groups in total. The number of aliphatic carboxylic acids is 1. The molecule has 0 heterocycles. The number of carbonyl (C=O) groups excluding carboxylic acids is 2. The molecule has 1 amide bonds. The first kappa shape index (κ1) is 19.7. The molecule has 21 heavy (non-hydrogen) atoms. The number of amides is 1. The average Bonchev–Trinajstić information content (AvgIpc) is 2.47. The molecule has 0 radical (unpaired) electrons. The van der Waals surface area contributed by atoms with Gasteiger partial charge in [0.05, 0.1) is 18.6 Å². The fourth-order valence-corrected chi connectivity index (χ4v) is 1.59. The molecule has 0 aliphatic heterocycles. The summed E-state index contributed by atoms with van der Waals surface area (Å²) in [6.45, 7) is 0.935. The molecule has 0 unspecified atom stereocenters. The lowest BCUT2D eigenvalue weighted by Crippen LogP contribution is -2.56. The Labute approximate surface area is 121 Å². The average molecular weight is 308 g/mol. The molecule has 0 saturated carbocycles. The van der Waals surface area contributed by atoms with Gasteiger partial charge in [0, 0.05) is 0 Å². The van der Waals surface area contributed by atoms with Crippen molar-refractivity contribution in [3.63, 3.8) is 0 Å². The molecule has 5 atom stereocenters. The number of unbranched alkanes of at least 4 members (excludes halogenated alkanes) is 1. The van der Waals surface area contributed by atoms with Crippen molar-refractivity contribution in [3.8, 4) is 0 Å². The Bertz CT molecular complexity index is 337. The van der Waals surface area contributed by atoms with E-state index in [4.69, 9.17) is 10.2 Å². The van der Waals surface area contributed by atoms with Crippen molar-refractivity contribution in [1.82, 2.24) is 5.32 Å². The molecule has 9 heteroatoms. The van der Waals surface area contributed by atoms with Gasteiger partial charge in [0.15, 0.2) is 6.10 Å². The van der Waals surface area contributed by atoms with Crippen LogP contribution in [0.3, 0.4) is 0 Å². The zero-order valence-corrected chi connectivity index (χ0v) is 11.7. The SMILES string of the molecule is CCCC[C@@H](NC(=O)[C@H](O)[C@H](O)[C@H](O)[C@H](O)CO)C(=O)[O-]. The van der Waals surface area contributed by atoms with Crippen LogP contribution in [0.1, 0.15) is 26.2 Å². The molecular weight excluding hydrogens is 286 g/mol. The van der Waals surface area contributed by atoms with E-state index in [-0.39, 0.29) is 6.42 Å². The summed E-state index contributed by atoms with van der Waals surface area (Å²) in [5.74, 6) is -2.76. The summed E-state index contributed by atoms with van der Waals surface area (Å²) < 4.78 is 0. The smallest absolute Gasteiger partial charge is 0.252 e. The first-order valence-electron chi connectivity index (χ1n) is 6.60. The lowest BCUT2D eigenvalue weighted by molar-refractivity contribution is -0.308. The van der Waals surface area contributed by atoms with Crippen molar-refractivity contribution >= 4 is 11.9 Å². The first-order chi connectivity index (χ1) is 9.76. The van der Waals surface area contributed by atoms with Gasteiger partial charge in [-0.1, -0.05) is 19.8 Å². The number of nitrogens with one attached hydrogen (secondary N) is 1. The lowest BCUT2D eigenvalue weighted by Gasteiger charge is -2.27. The summed E-state index contributed by atoms with van der Waals surface area (Å²) in [4.78, 5) is 22.4. The highest BCUT2D eigenvalue weighted by Gasteiger charge is 2.34. The Balaban J connectivity index is 4.64. The van der Waals surface area contributed by atoms with Gasteiger partial charge < -0.3 is 40.8 Å². The van der Waals surface area contributed by atoms with Crippen LogP contribution in [0.25, 0.3) is 0 Å². The second-order valence-corrected chi connectivity index (χ2v) is 4.70. The fraction of sp³-hybridized carbons (Fsp3) is 0.833. The summed E-state index contributed by atoms with van der Waals surface area (Å²) in [7, 11) is 0. The molecule has 0 fully saturated rings. The van der Waals surface area contributed by atoms with Crippen LogP contribution in [0.5, 0.6) is 0 Å². The van der Waals surface area contributed by atoms with Gasteiger partial charge in [0.25, 0.3) is 5.91 Å². The quantitative estimate of drug-likeness (QED) is 0.236. The summed E-state index contributed by atoms with van der Waals surface area (Å²) in [5, 5.41) is 58.9. The van der Waals surface area contributed by atoms with E-state index in [2.05, 4.69) is 0 Å². The van der Waals surface area contributed by atoms with E-state index in [0.29, 0.717) is 12.8 Å². The Hall–Kier alpha value is -1.26. The third-order valence-electron chi connectivity index (χ3n) is 2.97. The molecule has 0 aliphatic carbocycles. The maximum Gasteiger partial charge on any atom is 0.252 e. The van der Waals surface area contributed by atoms with E-state index in [1.807, 2.05) is 12.2 Å². The number of rotatable bonds is 10. The van der Waals surface area contributed by atoms with Crippen LogP contribution >= 0.6 is 0 Å². The van der Waals surface area contributed by atoms with E-state index >= 15 is 0 Å². The third-order valence-corrected chi connectivity index (χ3v) is 2.97. The van der Waals surface area contributed by atoms with Gasteiger partial charge in [-0.25, -0.2) is 0 Å². The molecule has 0 aromatic carbocycles. The largest absolute Gasteiger partial charge is 0.548 e. The topological polar surface area (TPSA) is 170 Å². The predicted octanol–water partition coefficient (Wildman–Crippen LogP) is -4.15. The molecule has 9 nitrogen and oxygen atoms in total. The molecule has 0 spiro atoms. The van der Waals surface area contributed by atoms with Crippen molar-refractivity contribution in [3.05, 3.63) is 0 Å². The Morgan fingerprint density at radius 1 is 1.14 bits per heavy atom. The number of carboxylic acid groups (broad SMARTS) is 1. The molecule has 0 saturated heterocycles. The molecule has 0 aliphatic rings. The zero-order valence-electron chi connectivity index (χ0n) is 11.7. The third kappa shape index (κ3) is 6.36. The highest BCUT2D eigenvalue weighted by Crippen LogP contribution is 2.07. The molecule has 0 aromatic rings. The number of carbonyl (C=O) groups is 2. The van der Waals surface area contributed by atoms with Gasteiger partial charge in [0.1, 0.15) is 18.3 Å². The molecule has 0 rings (SSSR count). The minimum Gasteiger partial charge on any atom is -0.548 e. The van der Waals surface area contributed by atoms with Crippen LogP contribution in [-0.2, 0) is 9.59 Å². The lowest BCUT2D eigenvalue weighted by atomic mass is 10.0. The standard InChI is InChI=1S/C12H23NO8/c1-2-3-4-6(12(20)21)13-11(19)10(18)9(17)8(16)7(15)5-14/h6-10,14-18H,2-5H2,1H3,(H,13,19)(H,20,21)/p-1/t6-,7-,8-,9-,10-/m1/s1. The number of carboxylic acids is 1. The second-order valence-electron chi connectivity index (χ2n) is 4.70. The van der Waals surface area contributed by atoms with Crippen molar-refractivity contribution < 1.29 is 40.2 Å². The monoisotopic (exact) mass is 308 g/mol. The summed E-state index contributed by atoms with van der Waals surface area (Å²) in [6, 6.07) is -1.33. The van der Waals surface area contributed by atoms with E-state index < -0.39 is 48.9 Å². The van der Waals surface area contributed by atoms with Gasteiger partial charge in [-0.2, -0.15) is 0 Å². The van der Waals surface area contributed by atoms with Crippen LogP contribution in [0.2, 0.25) is 0 Å². The molecule has 0 bridgehead atoms. The first-order valence-corrected chi connectivity index (χ1v) is 6.60. The van der Waals surface area contributed by atoms with E-state index in [1.165, 1.54) is 0 Å². The van der Waals surface area contributed by atoms with E-state index in [9.17, 15) is 30.0 Å². The fourth-order valence-electron chi connectivity index (χ4n) is 1.59. The highest BCUT2D eigenvalue weighted by atomic mass is 16.4. The van der Waals surface area contributed by atoms with Gasteiger partial charge in [0.2, 0.25) is 0 Å². The maximum absolute atomic E-state index is 11.6. The van der Waals surface area contributed by atoms with Crippen LogP contribution in [0, 0.1) is 0 Å². The van der Waals surface area contributed by atoms with Crippen LogP contribution in [0.15, 0.2) is 0 Å². The normalized spacial score (nSPS) is 18.4. The number of aliphatic hydroxyl groups is 5. The number of hydrogen-bond acceptors (Lipinski definition) is 8. The van der Waals surface area contributed by atoms with Crippen molar-refractivity contribution in [2.24, 2.45) is 0 Å². The Morgan fingerprint density at radius 2 is 1.71 bits per heavy atom. The second kappa shape index (κ2) is 9.64. The van der Waals surface area contributed by atoms with Crippen molar-refractivity contribution in [2.75, 3.05) is 6.61 Å². The van der Waals surface area contributed by atoms with Gasteiger partial charge >= 0.3 is 0 Å². The molecule has 124 valence electrons. The summed E-state index contributed by atoms with van der Waals surface area (Å²) >= 11 is 0. The zero-order chi connectivity index (χ0) is 16.6. The van der Waals surface area contributed by atoms with Crippen LogP contribution < -0.4 is 10.4 Å². The Kier molecular flexibility index (Phi) is 9.06. The molecule has 0 aromatic heterocycles. The van der Waals surface area contributed by atoms with Crippen LogP contribution in [0.4, 0.5) is 0 Å². The van der Waals surface area contributed by atoms with E-state index in [0.717, 1.165) is 0 Å². The minimum absolute atomic E-state index is 0.0925. The van der Waals surface area contributed by atoms with E-state index in [1.54, 1.807) is 0 Å². The number of hydrogen-bond donors (Lipinski definition) is 6. The summed E-state index contributed by atoms with van der Waals surface area (Å²) in [6.07, 6.45) is -6.68.